The molecule has 0 unspecified atom stereocenters. The van der Waals surface area contributed by atoms with Crippen molar-refractivity contribution in [3.05, 3.63) is 48.7 Å². The second-order valence-corrected chi connectivity index (χ2v) is 7.00. The van der Waals surface area contributed by atoms with E-state index in [4.69, 9.17) is 5.73 Å². The highest BCUT2D eigenvalue weighted by atomic mass is 16.3. The highest BCUT2D eigenvalue weighted by molar-refractivity contribution is 5.81. The number of nitrogens with two attached hydrogens (primary N) is 1. The second-order valence-electron chi connectivity index (χ2n) is 7.00. The van der Waals surface area contributed by atoms with Crippen molar-refractivity contribution in [1.29, 1.82) is 0 Å². The maximum Gasteiger partial charge on any atom is 0.221 e. The van der Waals surface area contributed by atoms with E-state index in [-0.39, 0.29) is 5.95 Å². The SMILES string of the molecule is Cn1cc(-c2cnc(N)nc2-n2cnc3ccc(C#CC(C)(C)O)cc32)cn1. The minimum atomic E-state index is -1.07. The van der Waals surface area contributed by atoms with Crippen molar-refractivity contribution in [2.75, 3.05) is 5.73 Å². The minimum absolute atomic E-state index is 0.169. The summed E-state index contributed by atoms with van der Waals surface area (Å²) in [5.74, 6) is 6.59. The smallest absolute Gasteiger partial charge is 0.221 e. The van der Waals surface area contributed by atoms with Crippen LogP contribution in [-0.2, 0) is 7.05 Å². The molecule has 0 radical (unpaired) electrons. The van der Waals surface area contributed by atoms with Crippen LogP contribution in [-0.4, -0.2) is 40.0 Å². The molecule has 140 valence electrons. The maximum absolute atomic E-state index is 9.85. The molecule has 4 aromatic rings. The van der Waals surface area contributed by atoms with E-state index in [1.54, 1.807) is 37.3 Å². The normalized spacial score (nSPS) is 11.4. The highest BCUT2D eigenvalue weighted by Crippen LogP contribution is 2.27. The van der Waals surface area contributed by atoms with Crippen molar-refractivity contribution in [3.8, 4) is 28.8 Å². The molecule has 0 aliphatic rings. The number of aryl methyl sites for hydroxylation is 1. The lowest BCUT2D eigenvalue weighted by Gasteiger charge is -2.09. The number of hydrogen-bond acceptors (Lipinski definition) is 6. The van der Waals surface area contributed by atoms with Crippen LogP contribution in [0.5, 0.6) is 0 Å². The number of nitrogen functional groups attached to an aromatic ring is 1. The van der Waals surface area contributed by atoms with Gasteiger partial charge in [-0.05, 0) is 32.0 Å². The van der Waals surface area contributed by atoms with Gasteiger partial charge in [0.15, 0.2) is 5.82 Å². The van der Waals surface area contributed by atoms with Crippen molar-refractivity contribution in [2.24, 2.45) is 7.05 Å². The van der Waals surface area contributed by atoms with Crippen LogP contribution in [0.2, 0.25) is 0 Å². The van der Waals surface area contributed by atoms with Gasteiger partial charge in [0, 0.05) is 36.1 Å². The van der Waals surface area contributed by atoms with E-state index in [0.717, 1.165) is 27.7 Å². The third-order valence-corrected chi connectivity index (χ3v) is 4.09. The predicted molar refractivity (Wildman–Crippen MR) is 106 cm³/mol. The molecule has 3 aromatic heterocycles. The number of fused-ring (bicyclic) bond motifs is 1. The van der Waals surface area contributed by atoms with Gasteiger partial charge in [-0.25, -0.2) is 9.97 Å². The summed E-state index contributed by atoms with van der Waals surface area (Å²) in [4.78, 5) is 13.0. The molecule has 28 heavy (non-hydrogen) atoms. The topological polar surface area (TPSA) is 108 Å². The summed E-state index contributed by atoms with van der Waals surface area (Å²) in [6.07, 6.45) is 7.01. The number of anilines is 1. The summed E-state index contributed by atoms with van der Waals surface area (Å²) in [5, 5.41) is 14.1. The van der Waals surface area contributed by atoms with Gasteiger partial charge in [-0.15, -0.1) is 0 Å². The molecule has 3 heterocycles. The Morgan fingerprint density at radius 1 is 1.18 bits per heavy atom. The van der Waals surface area contributed by atoms with Gasteiger partial charge in [-0.2, -0.15) is 10.1 Å². The first kappa shape index (κ1) is 17.7. The van der Waals surface area contributed by atoms with E-state index in [9.17, 15) is 5.11 Å². The molecule has 8 heteroatoms. The van der Waals surface area contributed by atoms with E-state index < -0.39 is 5.60 Å². The van der Waals surface area contributed by atoms with Crippen molar-refractivity contribution in [3.63, 3.8) is 0 Å². The van der Waals surface area contributed by atoms with E-state index >= 15 is 0 Å². The van der Waals surface area contributed by atoms with Gasteiger partial charge in [0.1, 0.15) is 11.9 Å². The number of aliphatic hydroxyl groups is 1. The van der Waals surface area contributed by atoms with E-state index in [2.05, 4.69) is 31.9 Å². The maximum atomic E-state index is 9.85. The van der Waals surface area contributed by atoms with Gasteiger partial charge in [0.25, 0.3) is 0 Å². The van der Waals surface area contributed by atoms with Gasteiger partial charge in [-0.3, -0.25) is 9.25 Å². The van der Waals surface area contributed by atoms with Crippen LogP contribution in [0, 0.1) is 11.8 Å². The lowest BCUT2D eigenvalue weighted by molar-refractivity contribution is 0.143. The van der Waals surface area contributed by atoms with Gasteiger partial charge in [0.2, 0.25) is 5.95 Å². The van der Waals surface area contributed by atoms with Crippen LogP contribution in [0.4, 0.5) is 5.95 Å². The Kier molecular flexibility index (Phi) is 4.09. The second kappa shape index (κ2) is 6.48. The van der Waals surface area contributed by atoms with Gasteiger partial charge >= 0.3 is 0 Å². The zero-order valence-electron chi connectivity index (χ0n) is 15.7. The molecule has 0 saturated carbocycles. The predicted octanol–water partition coefficient (Wildman–Crippen LogP) is 1.92. The fourth-order valence-electron chi connectivity index (χ4n) is 2.81. The molecule has 3 N–H and O–H groups in total. The van der Waals surface area contributed by atoms with Gasteiger partial charge in [0.05, 0.1) is 17.2 Å². The monoisotopic (exact) mass is 373 g/mol. The zero-order valence-corrected chi connectivity index (χ0v) is 15.7. The Hall–Kier alpha value is -3.70. The number of imidazole rings is 1. The van der Waals surface area contributed by atoms with Crippen LogP contribution in [0.15, 0.2) is 43.1 Å². The zero-order chi connectivity index (χ0) is 19.9. The third-order valence-electron chi connectivity index (χ3n) is 4.09. The first-order chi connectivity index (χ1) is 13.3. The summed E-state index contributed by atoms with van der Waals surface area (Å²) in [5.41, 5.74) is 8.84. The quantitative estimate of drug-likeness (QED) is 0.520. The van der Waals surface area contributed by atoms with Gasteiger partial charge < -0.3 is 10.8 Å². The van der Waals surface area contributed by atoms with Crippen LogP contribution in [0.1, 0.15) is 19.4 Å². The number of benzene rings is 1. The van der Waals surface area contributed by atoms with E-state index in [0.29, 0.717) is 5.82 Å². The Balaban J connectivity index is 1.90. The number of rotatable bonds is 2. The first-order valence-electron chi connectivity index (χ1n) is 8.65. The Labute approximate surface area is 161 Å². The molecule has 0 aliphatic carbocycles. The Morgan fingerprint density at radius 2 is 2.00 bits per heavy atom. The number of nitrogens with zero attached hydrogens (tertiary/aromatic N) is 6. The summed E-state index contributed by atoms with van der Waals surface area (Å²) in [6, 6.07) is 5.66. The molecule has 4 rings (SSSR count). The van der Waals surface area contributed by atoms with Crippen molar-refractivity contribution < 1.29 is 5.11 Å². The molecule has 0 atom stereocenters. The molecular formula is C20H19N7O. The lowest BCUT2D eigenvalue weighted by Crippen LogP contribution is -2.14. The summed E-state index contributed by atoms with van der Waals surface area (Å²) in [7, 11) is 1.85. The highest BCUT2D eigenvalue weighted by Gasteiger charge is 2.15. The van der Waals surface area contributed by atoms with Crippen LogP contribution in [0.3, 0.4) is 0 Å². The van der Waals surface area contributed by atoms with Gasteiger partial charge in [-0.1, -0.05) is 11.8 Å². The standard InChI is InChI=1S/C20H19N7O/c1-20(2,28)7-6-13-4-5-16-17(8-13)27(12-23-16)18-15(10-22-19(21)25-18)14-9-24-26(3)11-14/h4-5,8-12,28H,1-3H3,(H2,21,22,25). The molecule has 0 amide bonds. The van der Waals surface area contributed by atoms with Crippen molar-refractivity contribution in [2.45, 2.75) is 19.4 Å². The molecular weight excluding hydrogens is 354 g/mol. The summed E-state index contributed by atoms with van der Waals surface area (Å²) < 4.78 is 3.57. The van der Waals surface area contributed by atoms with Crippen LogP contribution < -0.4 is 5.73 Å². The summed E-state index contributed by atoms with van der Waals surface area (Å²) >= 11 is 0. The molecule has 0 aliphatic heterocycles. The Morgan fingerprint density at radius 3 is 2.71 bits per heavy atom. The lowest BCUT2D eigenvalue weighted by atomic mass is 10.1. The summed E-state index contributed by atoms with van der Waals surface area (Å²) in [6.45, 7) is 3.29. The molecule has 0 bridgehead atoms. The average Bonchev–Trinajstić information content (AvgIpc) is 3.25. The van der Waals surface area contributed by atoms with Crippen LogP contribution >= 0.6 is 0 Å². The fraction of sp³-hybridized carbons (Fsp3) is 0.200. The van der Waals surface area contributed by atoms with E-state index in [1.807, 2.05) is 36.0 Å². The van der Waals surface area contributed by atoms with Crippen molar-refractivity contribution >= 4 is 17.0 Å². The Bertz CT molecular complexity index is 1230. The number of hydrogen-bond donors (Lipinski definition) is 2. The third kappa shape index (κ3) is 3.43. The molecule has 0 spiro atoms. The number of aromatic nitrogens is 6. The van der Waals surface area contributed by atoms with E-state index in [1.165, 1.54) is 0 Å². The minimum Gasteiger partial charge on any atom is -0.378 e. The van der Waals surface area contributed by atoms with Crippen molar-refractivity contribution in [1.82, 2.24) is 29.3 Å². The molecule has 1 aromatic carbocycles. The first-order valence-corrected chi connectivity index (χ1v) is 8.65. The average molecular weight is 373 g/mol. The largest absolute Gasteiger partial charge is 0.378 e. The molecule has 0 fully saturated rings. The molecule has 0 saturated heterocycles. The molecule has 8 nitrogen and oxygen atoms in total. The van der Waals surface area contributed by atoms with Crippen LogP contribution in [0.25, 0.3) is 28.0 Å². The fourth-order valence-corrected chi connectivity index (χ4v) is 2.81.